The van der Waals surface area contributed by atoms with Crippen LogP contribution < -0.4 is 5.32 Å². The van der Waals surface area contributed by atoms with E-state index in [2.05, 4.69) is 5.32 Å². The summed E-state index contributed by atoms with van der Waals surface area (Å²) in [6, 6.07) is 11.7. The van der Waals surface area contributed by atoms with Crippen molar-refractivity contribution in [2.75, 3.05) is 0 Å². The Morgan fingerprint density at radius 1 is 1.16 bits per heavy atom. The summed E-state index contributed by atoms with van der Waals surface area (Å²) < 4.78 is 27.0. The van der Waals surface area contributed by atoms with E-state index in [1.54, 1.807) is 25.1 Å². The van der Waals surface area contributed by atoms with E-state index in [0.29, 0.717) is 30.4 Å². The van der Waals surface area contributed by atoms with E-state index in [4.69, 9.17) is 0 Å². The molecule has 1 aliphatic rings. The minimum absolute atomic E-state index is 0.212. The van der Waals surface area contributed by atoms with Crippen molar-refractivity contribution >= 4 is 5.91 Å². The molecule has 2 atom stereocenters. The molecule has 3 nitrogen and oxygen atoms in total. The van der Waals surface area contributed by atoms with Gasteiger partial charge in [0, 0.05) is 11.6 Å². The molecule has 0 heterocycles. The Morgan fingerprint density at radius 2 is 1.80 bits per heavy atom. The quantitative estimate of drug-likeness (QED) is 0.840. The van der Waals surface area contributed by atoms with Crippen LogP contribution in [0.1, 0.15) is 43.4 Å². The largest absolute Gasteiger partial charge is 0.388 e. The van der Waals surface area contributed by atoms with Crippen LogP contribution >= 0.6 is 0 Å². The van der Waals surface area contributed by atoms with Gasteiger partial charge in [-0.15, -0.1) is 0 Å². The molecule has 25 heavy (non-hydrogen) atoms. The molecule has 0 radical (unpaired) electrons. The van der Waals surface area contributed by atoms with Gasteiger partial charge in [0.2, 0.25) is 5.91 Å². The van der Waals surface area contributed by atoms with Crippen molar-refractivity contribution in [1.82, 2.24) is 5.32 Å². The van der Waals surface area contributed by atoms with Gasteiger partial charge in [-0.2, -0.15) is 0 Å². The molecular formula is C20H21F2NO2. The third-order valence-electron chi connectivity index (χ3n) is 4.78. The lowest BCUT2D eigenvalue weighted by molar-refractivity contribution is -0.124. The van der Waals surface area contributed by atoms with Gasteiger partial charge in [-0.1, -0.05) is 30.3 Å². The Bertz CT molecular complexity index is 757. The Balaban J connectivity index is 1.63. The standard InChI is InChI=1S/C20H21F2NO2/c1-13(12-18(24)14-6-8-15(21)9-7-14)23-19(25)20(10-11-20)16-4-2-3-5-17(16)22/h2-9,13,18,24H,10-12H2,1H3,(H,23,25). The number of carbonyl (C=O) groups excluding carboxylic acids is 1. The molecule has 0 spiro atoms. The Morgan fingerprint density at radius 3 is 2.40 bits per heavy atom. The van der Waals surface area contributed by atoms with Crippen LogP contribution in [0.25, 0.3) is 0 Å². The number of halogens is 2. The monoisotopic (exact) mass is 345 g/mol. The summed E-state index contributed by atoms with van der Waals surface area (Å²) in [6.07, 6.45) is 0.726. The van der Waals surface area contributed by atoms with Crippen molar-refractivity contribution in [3.63, 3.8) is 0 Å². The van der Waals surface area contributed by atoms with Crippen molar-refractivity contribution in [2.45, 2.75) is 43.7 Å². The second-order valence-corrected chi connectivity index (χ2v) is 6.74. The van der Waals surface area contributed by atoms with Gasteiger partial charge in [0.25, 0.3) is 0 Å². The van der Waals surface area contributed by atoms with Crippen molar-refractivity contribution in [3.05, 3.63) is 71.3 Å². The van der Waals surface area contributed by atoms with Crippen LogP contribution in [0.4, 0.5) is 8.78 Å². The molecule has 5 heteroatoms. The normalized spacial score (nSPS) is 17.6. The molecule has 1 aliphatic carbocycles. The van der Waals surface area contributed by atoms with Crippen molar-refractivity contribution in [1.29, 1.82) is 0 Å². The van der Waals surface area contributed by atoms with Crippen LogP contribution in [0, 0.1) is 11.6 Å². The first-order chi connectivity index (χ1) is 11.9. The molecular weight excluding hydrogens is 324 g/mol. The maximum Gasteiger partial charge on any atom is 0.230 e. The van der Waals surface area contributed by atoms with E-state index in [1.165, 1.54) is 30.3 Å². The van der Waals surface area contributed by atoms with Crippen LogP contribution in [0.5, 0.6) is 0 Å². The zero-order valence-electron chi connectivity index (χ0n) is 14.0. The number of hydrogen-bond donors (Lipinski definition) is 2. The predicted molar refractivity (Wildman–Crippen MR) is 90.9 cm³/mol. The number of rotatable bonds is 6. The molecule has 0 saturated heterocycles. The van der Waals surface area contributed by atoms with E-state index >= 15 is 0 Å². The fourth-order valence-electron chi connectivity index (χ4n) is 3.17. The number of benzene rings is 2. The highest BCUT2D eigenvalue weighted by atomic mass is 19.1. The van der Waals surface area contributed by atoms with Crippen LogP contribution in [0.2, 0.25) is 0 Å². The average Bonchev–Trinajstić information content (AvgIpc) is 3.37. The lowest BCUT2D eigenvalue weighted by Gasteiger charge is -2.22. The van der Waals surface area contributed by atoms with E-state index in [1.807, 2.05) is 0 Å². The van der Waals surface area contributed by atoms with Crippen LogP contribution in [0.3, 0.4) is 0 Å². The zero-order valence-corrected chi connectivity index (χ0v) is 14.0. The van der Waals surface area contributed by atoms with Crippen LogP contribution in [-0.2, 0) is 10.2 Å². The molecule has 0 bridgehead atoms. The SMILES string of the molecule is CC(CC(O)c1ccc(F)cc1)NC(=O)C1(c2ccccc2F)CC1. The van der Waals surface area contributed by atoms with Gasteiger partial charge >= 0.3 is 0 Å². The highest BCUT2D eigenvalue weighted by Gasteiger charge is 2.52. The average molecular weight is 345 g/mol. The molecule has 3 rings (SSSR count). The Hall–Kier alpha value is -2.27. The van der Waals surface area contributed by atoms with Gasteiger partial charge in [-0.3, -0.25) is 4.79 Å². The van der Waals surface area contributed by atoms with Gasteiger partial charge in [0.05, 0.1) is 11.5 Å². The Kier molecular flexibility index (Phi) is 4.86. The molecule has 0 aromatic heterocycles. The van der Waals surface area contributed by atoms with Gasteiger partial charge in [-0.05, 0) is 49.9 Å². The van der Waals surface area contributed by atoms with E-state index in [0.717, 1.165) is 0 Å². The predicted octanol–water partition coefficient (Wildman–Crippen LogP) is 3.62. The zero-order chi connectivity index (χ0) is 18.0. The molecule has 2 aromatic carbocycles. The minimum atomic E-state index is -0.806. The molecule has 0 aliphatic heterocycles. The fourth-order valence-corrected chi connectivity index (χ4v) is 3.17. The number of aliphatic hydroxyl groups is 1. The lowest BCUT2D eigenvalue weighted by Crippen LogP contribution is -2.41. The van der Waals surface area contributed by atoms with Gasteiger partial charge in [0.1, 0.15) is 11.6 Å². The third-order valence-corrected chi connectivity index (χ3v) is 4.78. The minimum Gasteiger partial charge on any atom is -0.388 e. The summed E-state index contributed by atoms with van der Waals surface area (Å²) in [4.78, 5) is 12.6. The second kappa shape index (κ2) is 6.92. The summed E-state index contributed by atoms with van der Waals surface area (Å²) in [5.74, 6) is -0.941. The number of nitrogens with one attached hydrogen (secondary N) is 1. The molecule has 1 saturated carbocycles. The maximum absolute atomic E-state index is 14.0. The number of amides is 1. The molecule has 2 aromatic rings. The van der Waals surface area contributed by atoms with Gasteiger partial charge in [-0.25, -0.2) is 8.78 Å². The van der Waals surface area contributed by atoms with Crippen molar-refractivity contribution in [3.8, 4) is 0 Å². The number of carbonyl (C=O) groups is 1. The van der Waals surface area contributed by atoms with E-state index in [-0.39, 0.29) is 23.6 Å². The summed E-state index contributed by atoms with van der Waals surface area (Å²) in [5.41, 5.74) is 0.233. The number of hydrogen-bond acceptors (Lipinski definition) is 2. The first-order valence-electron chi connectivity index (χ1n) is 8.42. The number of aliphatic hydroxyl groups excluding tert-OH is 1. The first-order valence-corrected chi connectivity index (χ1v) is 8.42. The lowest BCUT2D eigenvalue weighted by atomic mass is 9.93. The summed E-state index contributed by atoms with van der Waals surface area (Å²) in [5, 5.41) is 13.1. The molecule has 1 amide bonds. The molecule has 132 valence electrons. The second-order valence-electron chi connectivity index (χ2n) is 6.74. The van der Waals surface area contributed by atoms with E-state index < -0.39 is 11.5 Å². The van der Waals surface area contributed by atoms with E-state index in [9.17, 15) is 18.7 Å². The van der Waals surface area contributed by atoms with Crippen molar-refractivity contribution in [2.24, 2.45) is 0 Å². The summed E-state index contributed by atoms with van der Waals surface area (Å²) in [7, 11) is 0. The van der Waals surface area contributed by atoms with Crippen LogP contribution in [-0.4, -0.2) is 17.1 Å². The highest BCUT2D eigenvalue weighted by Crippen LogP contribution is 2.49. The first kappa shape index (κ1) is 17.5. The molecule has 2 unspecified atom stereocenters. The van der Waals surface area contributed by atoms with Crippen molar-refractivity contribution < 1.29 is 18.7 Å². The molecule has 1 fully saturated rings. The fraction of sp³-hybridized carbons (Fsp3) is 0.350. The smallest absolute Gasteiger partial charge is 0.230 e. The topological polar surface area (TPSA) is 49.3 Å². The van der Waals surface area contributed by atoms with Gasteiger partial charge in [0.15, 0.2) is 0 Å². The summed E-state index contributed by atoms with van der Waals surface area (Å²) >= 11 is 0. The van der Waals surface area contributed by atoms with Crippen LogP contribution in [0.15, 0.2) is 48.5 Å². The Labute approximate surface area is 145 Å². The van der Waals surface area contributed by atoms with Gasteiger partial charge < -0.3 is 10.4 Å². The summed E-state index contributed by atoms with van der Waals surface area (Å²) in [6.45, 7) is 1.79. The highest BCUT2D eigenvalue weighted by molar-refractivity contribution is 5.91. The third kappa shape index (κ3) is 3.71. The maximum atomic E-state index is 14.0. The molecule has 2 N–H and O–H groups in total.